The van der Waals surface area contributed by atoms with Crippen molar-refractivity contribution in [3.05, 3.63) is 102 Å². The van der Waals surface area contributed by atoms with E-state index in [2.05, 4.69) is 5.32 Å². The lowest BCUT2D eigenvalue weighted by Crippen LogP contribution is -2.32. The minimum atomic E-state index is -0.433. The van der Waals surface area contributed by atoms with E-state index in [1.54, 1.807) is 62.8 Å². The highest BCUT2D eigenvalue weighted by atomic mass is 16.5. The van der Waals surface area contributed by atoms with E-state index in [1.807, 2.05) is 42.5 Å². The highest BCUT2D eigenvalue weighted by molar-refractivity contribution is 6.46. The molecule has 6 heteroatoms. The molecule has 5 rings (SSSR count). The smallest absolute Gasteiger partial charge is 0.282 e. The molecule has 0 unspecified atom stereocenters. The molecule has 0 spiro atoms. The molecule has 1 aliphatic heterocycles. The number of benzene rings is 4. The first-order valence-electron chi connectivity index (χ1n) is 10.8. The second-order valence-electron chi connectivity index (χ2n) is 7.78. The van der Waals surface area contributed by atoms with Crippen LogP contribution in [0.25, 0.3) is 16.3 Å². The SMILES string of the molecule is COc1ccc(C2=C(Nc3cccc4ccccc34)C(=O)N(c3cccc(OC)c3)C2=O)cc1. The molecule has 4 aromatic carbocycles. The van der Waals surface area contributed by atoms with Gasteiger partial charge in [-0.05, 0) is 41.3 Å². The number of carbonyl (C=O) groups is 2. The van der Waals surface area contributed by atoms with Crippen LogP contribution in [0.5, 0.6) is 11.5 Å². The minimum Gasteiger partial charge on any atom is -0.497 e. The number of hydrogen-bond donors (Lipinski definition) is 1. The van der Waals surface area contributed by atoms with Gasteiger partial charge in [-0.15, -0.1) is 0 Å². The summed E-state index contributed by atoms with van der Waals surface area (Å²) in [6.45, 7) is 0. The Kier molecular flexibility index (Phi) is 5.47. The number of amides is 2. The van der Waals surface area contributed by atoms with Crippen molar-refractivity contribution in [1.29, 1.82) is 0 Å². The summed E-state index contributed by atoms with van der Waals surface area (Å²) >= 11 is 0. The average molecular weight is 450 g/mol. The van der Waals surface area contributed by atoms with Gasteiger partial charge in [-0.3, -0.25) is 9.59 Å². The number of hydrogen-bond acceptors (Lipinski definition) is 5. The summed E-state index contributed by atoms with van der Waals surface area (Å²) < 4.78 is 10.6. The van der Waals surface area contributed by atoms with Gasteiger partial charge in [-0.2, -0.15) is 0 Å². The number of imide groups is 1. The Hall–Kier alpha value is -4.58. The lowest BCUT2D eigenvalue weighted by molar-refractivity contribution is -0.120. The second-order valence-corrected chi connectivity index (χ2v) is 7.78. The van der Waals surface area contributed by atoms with Gasteiger partial charge in [0.1, 0.15) is 17.2 Å². The molecule has 1 heterocycles. The summed E-state index contributed by atoms with van der Waals surface area (Å²) in [6, 6.07) is 27.7. The van der Waals surface area contributed by atoms with Crippen molar-refractivity contribution < 1.29 is 19.1 Å². The van der Waals surface area contributed by atoms with Crippen LogP contribution < -0.4 is 19.7 Å². The molecule has 0 atom stereocenters. The Bertz CT molecular complexity index is 1440. The maximum absolute atomic E-state index is 13.7. The maximum Gasteiger partial charge on any atom is 0.282 e. The normalized spacial score (nSPS) is 13.5. The fraction of sp³-hybridized carbons (Fsp3) is 0.0714. The van der Waals surface area contributed by atoms with Crippen LogP contribution in [0.1, 0.15) is 5.56 Å². The van der Waals surface area contributed by atoms with E-state index in [0.717, 1.165) is 16.5 Å². The van der Waals surface area contributed by atoms with Gasteiger partial charge in [-0.25, -0.2) is 4.90 Å². The number of carbonyl (C=O) groups excluding carboxylic acids is 2. The van der Waals surface area contributed by atoms with Gasteiger partial charge >= 0.3 is 0 Å². The fourth-order valence-electron chi connectivity index (χ4n) is 4.12. The zero-order chi connectivity index (χ0) is 23.7. The molecular formula is C28H22N2O4. The van der Waals surface area contributed by atoms with Crippen LogP contribution >= 0.6 is 0 Å². The van der Waals surface area contributed by atoms with Gasteiger partial charge in [0.05, 0.1) is 25.5 Å². The Labute approximate surface area is 197 Å². The van der Waals surface area contributed by atoms with Crippen LogP contribution in [-0.2, 0) is 9.59 Å². The predicted molar refractivity (Wildman–Crippen MR) is 133 cm³/mol. The van der Waals surface area contributed by atoms with Crippen molar-refractivity contribution in [2.75, 3.05) is 24.4 Å². The molecule has 0 saturated carbocycles. The predicted octanol–water partition coefficient (Wildman–Crippen LogP) is 5.25. The van der Waals surface area contributed by atoms with Gasteiger partial charge in [-0.1, -0.05) is 54.6 Å². The van der Waals surface area contributed by atoms with E-state index in [4.69, 9.17) is 9.47 Å². The number of rotatable bonds is 6. The number of nitrogens with zero attached hydrogens (tertiary/aromatic N) is 1. The lowest BCUT2D eigenvalue weighted by atomic mass is 10.0. The topological polar surface area (TPSA) is 67.9 Å². The number of nitrogens with one attached hydrogen (secondary N) is 1. The number of methoxy groups -OCH3 is 2. The summed E-state index contributed by atoms with van der Waals surface area (Å²) in [6.07, 6.45) is 0. The van der Waals surface area contributed by atoms with Gasteiger partial charge in [0.2, 0.25) is 0 Å². The van der Waals surface area contributed by atoms with Gasteiger partial charge in [0, 0.05) is 17.1 Å². The van der Waals surface area contributed by atoms with E-state index in [9.17, 15) is 9.59 Å². The maximum atomic E-state index is 13.7. The average Bonchev–Trinajstić information content (AvgIpc) is 3.13. The molecule has 0 aromatic heterocycles. The molecule has 34 heavy (non-hydrogen) atoms. The third-order valence-electron chi connectivity index (χ3n) is 5.82. The zero-order valence-corrected chi connectivity index (χ0v) is 18.7. The van der Waals surface area contributed by atoms with Gasteiger partial charge in [0.15, 0.2) is 0 Å². The van der Waals surface area contributed by atoms with Crippen molar-refractivity contribution in [1.82, 2.24) is 0 Å². The molecule has 1 N–H and O–H groups in total. The first-order chi connectivity index (χ1) is 16.6. The first-order valence-corrected chi connectivity index (χ1v) is 10.8. The highest BCUT2D eigenvalue weighted by Crippen LogP contribution is 2.36. The molecule has 2 amide bonds. The number of ether oxygens (including phenoxy) is 2. The summed E-state index contributed by atoms with van der Waals surface area (Å²) in [5.41, 5.74) is 2.31. The largest absolute Gasteiger partial charge is 0.497 e. The molecule has 6 nitrogen and oxygen atoms in total. The van der Waals surface area contributed by atoms with E-state index < -0.39 is 11.8 Å². The first kappa shape index (κ1) is 21.3. The summed E-state index contributed by atoms with van der Waals surface area (Å²) in [7, 11) is 3.12. The summed E-state index contributed by atoms with van der Waals surface area (Å²) in [5, 5.41) is 5.25. The summed E-state index contributed by atoms with van der Waals surface area (Å²) in [5.74, 6) is 0.372. The Morgan fingerprint density at radius 3 is 2.18 bits per heavy atom. The van der Waals surface area contributed by atoms with Crippen molar-refractivity contribution >= 4 is 39.5 Å². The fourth-order valence-corrected chi connectivity index (χ4v) is 4.12. The Balaban J connectivity index is 1.65. The van der Waals surface area contributed by atoms with Crippen LogP contribution in [0.15, 0.2) is 96.7 Å². The standard InChI is InChI=1S/C28H22N2O4/c1-33-21-15-13-19(14-16-21)25-26(29-24-12-5-8-18-7-3-4-11-23(18)24)28(32)30(27(25)31)20-9-6-10-22(17-20)34-2/h3-17,29H,1-2H3. The van der Waals surface area contributed by atoms with Gasteiger partial charge < -0.3 is 14.8 Å². The highest BCUT2D eigenvalue weighted by Gasteiger charge is 2.40. The lowest BCUT2D eigenvalue weighted by Gasteiger charge is -2.16. The van der Waals surface area contributed by atoms with Crippen LogP contribution in [0.2, 0.25) is 0 Å². The van der Waals surface area contributed by atoms with E-state index in [-0.39, 0.29) is 5.70 Å². The molecule has 1 aliphatic rings. The quantitative estimate of drug-likeness (QED) is 0.406. The van der Waals surface area contributed by atoms with E-state index in [1.165, 1.54) is 4.90 Å². The molecule has 0 radical (unpaired) electrons. The van der Waals surface area contributed by atoms with Crippen molar-refractivity contribution in [2.45, 2.75) is 0 Å². The molecule has 4 aromatic rings. The monoisotopic (exact) mass is 450 g/mol. The molecule has 0 bridgehead atoms. The van der Waals surface area contributed by atoms with Crippen LogP contribution in [0.3, 0.4) is 0 Å². The van der Waals surface area contributed by atoms with Crippen LogP contribution in [0.4, 0.5) is 11.4 Å². The molecule has 0 aliphatic carbocycles. The third-order valence-corrected chi connectivity index (χ3v) is 5.82. The molecular weight excluding hydrogens is 428 g/mol. The third kappa shape index (κ3) is 3.65. The number of fused-ring (bicyclic) bond motifs is 1. The van der Waals surface area contributed by atoms with E-state index in [0.29, 0.717) is 28.3 Å². The van der Waals surface area contributed by atoms with Gasteiger partial charge in [0.25, 0.3) is 11.8 Å². The van der Waals surface area contributed by atoms with Crippen molar-refractivity contribution in [2.24, 2.45) is 0 Å². The Morgan fingerprint density at radius 1 is 0.706 bits per heavy atom. The Morgan fingerprint density at radius 2 is 1.41 bits per heavy atom. The van der Waals surface area contributed by atoms with E-state index >= 15 is 0 Å². The molecule has 0 fully saturated rings. The van der Waals surface area contributed by atoms with Crippen LogP contribution in [0, 0.1) is 0 Å². The summed E-state index contributed by atoms with van der Waals surface area (Å²) in [4.78, 5) is 28.5. The zero-order valence-electron chi connectivity index (χ0n) is 18.7. The van der Waals surface area contributed by atoms with Crippen molar-refractivity contribution in [3.63, 3.8) is 0 Å². The second kappa shape index (κ2) is 8.75. The minimum absolute atomic E-state index is 0.217. The molecule has 168 valence electrons. The van der Waals surface area contributed by atoms with Crippen molar-refractivity contribution in [3.8, 4) is 11.5 Å². The van der Waals surface area contributed by atoms with Crippen LogP contribution in [-0.4, -0.2) is 26.0 Å². The molecule has 0 saturated heterocycles. The number of anilines is 2.